The lowest BCUT2D eigenvalue weighted by Gasteiger charge is -2.13. The Bertz CT molecular complexity index is 1980. The first-order valence-electron chi connectivity index (χ1n) is 12.4. The molecule has 0 saturated carbocycles. The van der Waals surface area contributed by atoms with Crippen LogP contribution in [0.15, 0.2) is 85.1 Å². The second kappa shape index (κ2) is 13.1. The minimum atomic E-state index is -5.08. The van der Waals surface area contributed by atoms with Gasteiger partial charge in [0, 0.05) is 27.0 Å². The van der Waals surface area contributed by atoms with E-state index in [9.17, 15) is 26.3 Å². The van der Waals surface area contributed by atoms with Crippen LogP contribution in [0.1, 0.15) is 0 Å². The van der Waals surface area contributed by atoms with Crippen LogP contribution in [0.25, 0.3) is 44.0 Å². The quantitative estimate of drug-likeness (QED) is 0.141. The van der Waals surface area contributed by atoms with Crippen molar-refractivity contribution < 1.29 is 46.1 Å². The summed E-state index contributed by atoms with van der Waals surface area (Å²) in [7, 11) is 0. The number of rotatable bonds is 3. The monoisotopic (exact) mass is 649 g/mol. The van der Waals surface area contributed by atoms with Crippen molar-refractivity contribution in [3.8, 4) is 11.4 Å². The summed E-state index contributed by atoms with van der Waals surface area (Å²) in [6, 6.07) is 26.1. The largest absolute Gasteiger partial charge is 0.490 e. The summed E-state index contributed by atoms with van der Waals surface area (Å²) in [5.74, 6) is -4.13. The van der Waals surface area contributed by atoms with Crippen LogP contribution in [0.5, 0.6) is 0 Å². The summed E-state index contributed by atoms with van der Waals surface area (Å²) in [6.07, 6.45) is -8.36. The third kappa shape index (κ3) is 8.14. The molecule has 0 radical (unpaired) electrons. The highest BCUT2D eigenvalue weighted by Gasteiger charge is 2.38. The van der Waals surface area contributed by atoms with Crippen LogP contribution in [0.2, 0.25) is 5.02 Å². The normalized spacial score (nSPS) is 11.4. The first-order valence-corrected chi connectivity index (χ1v) is 12.8. The molecule has 6 aromatic rings. The van der Waals surface area contributed by atoms with Gasteiger partial charge in [-0.25, -0.2) is 19.6 Å². The van der Waals surface area contributed by atoms with Crippen molar-refractivity contribution in [1.29, 1.82) is 0 Å². The van der Waals surface area contributed by atoms with Gasteiger partial charge in [0.15, 0.2) is 5.82 Å². The summed E-state index contributed by atoms with van der Waals surface area (Å²) in [5.41, 5.74) is 3.68. The molecule has 6 rings (SSSR count). The van der Waals surface area contributed by atoms with Gasteiger partial charge in [0.25, 0.3) is 0 Å². The predicted molar refractivity (Wildman–Crippen MR) is 154 cm³/mol. The van der Waals surface area contributed by atoms with E-state index in [-0.39, 0.29) is 0 Å². The highest BCUT2D eigenvalue weighted by atomic mass is 35.5. The van der Waals surface area contributed by atoms with Gasteiger partial charge in [0.1, 0.15) is 5.82 Å². The molecule has 0 amide bonds. The Hall–Kier alpha value is -5.44. The van der Waals surface area contributed by atoms with Crippen LogP contribution in [0.4, 0.5) is 37.8 Å². The smallest absolute Gasteiger partial charge is 0.475 e. The fraction of sp³-hybridized carbons (Fsp3) is 0.0690. The average molecular weight is 650 g/mol. The van der Waals surface area contributed by atoms with Gasteiger partial charge in [-0.1, -0.05) is 54.1 Å². The van der Waals surface area contributed by atoms with E-state index in [1.54, 1.807) is 6.20 Å². The summed E-state index contributed by atoms with van der Waals surface area (Å²) >= 11 is 6.29. The van der Waals surface area contributed by atoms with Crippen molar-refractivity contribution in [2.24, 2.45) is 0 Å². The van der Waals surface area contributed by atoms with E-state index in [0.717, 1.165) is 49.6 Å². The second-order valence-corrected chi connectivity index (χ2v) is 9.42. The van der Waals surface area contributed by atoms with E-state index < -0.39 is 24.3 Å². The molecule has 2 heterocycles. The molecule has 0 aliphatic rings. The van der Waals surface area contributed by atoms with Crippen molar-refractivity contribution in [3.05, 3.63) is 90.1 Å². The number of fused-ring (bicyclic) bond motifs is 3. The molecule has 2 aromatic heterocycles. The van der Waals surface area contributed by atoms with Gasteiger partial charge < -0.3 is 15.5 Å². The van der Waals surface area contributed by atoms with E-state index in [0.29, 0.717) is 10.8 Å². The third-order valence-electron chi connectivity index (χ3n) is 5.88. The lowest BCUT2D eigenvalue weighted by Crippen LogP contribution is -2.21. The number of alkyl halides is 6. The SMILES string of the molecule is Clc1ccc2c(Nc3ccc4[nH]ncc4c3)nc(-c3cccc4ccccc34)nc2c1.O=C(O)C(F)(F)F.O=C(O)C(F)(F)F. The number of carboxylic acids is 2. The maximum atomic E-state index is 10.6. The van der Waals surface area contributed by atoms with Crippen molar-refractivity contribution >= 4 is 67.6 Å². The summed E-state index contributed by atoms with van der Waals surface area (Å²) < 4.78 is 63.5. The van der Waals surface area contributed by atoms with Crippen LogP contribution in [0, 0.1) is 0 Å². The van der Waals surface area contributed by atoms with Crippen LogP contribution < -0.4 is 5.32 Å². The zero-order valence-electron chi connectivity index (χ0n) is 22.3. The molecule has 0 aliphatic heterocycles. The number of aromatic nitrogens is 4. The lowest BCUT2D eigenvalue weighted by atomic mass is 10.0. The number of carbonyl (C=O) groups is 2. The minimum absolute atomic E-state index is 0.640. The molecule has 0 fully saturated rings. The highest BCUT2D eigenvalue weighted by molar-refractivity contribution is 6.31. The van der Waals surface area contributed by atoms with Crippen molar-refractivity contribution in [2.75, 3.05) is 5.32 Å². The number of H-pyrrole nitrogens is 1. The van der Waals surface area contributed by atoms with E-state index in [1.165, 1.54) is 0 Å². The molecule has 4 aromatic carbocycles. The molecule has 4 N–H and O–H groups in total. The van der Waals surface area contributed by atoms with Crippen molar-refractivity contribution in [2.45, 2.75) is 12.4 Å². The molecule has 0 saturated heterocycles. The fourth-order valence-corrected chi connectivity index (χ4v) is 4.06. The number of halogens is 7. The average Bonchev–Trinajstić information content (AvgIpc) is 3.44. The number of nitrogens with one attached hydrogen (secondary N) is 2. The van der Waals surface area contributed by atoms with Gasteiger partial charge >= 0.3 is 24.3 Å². The Balaban J connectivity index is 0.000000277. The van der Waals surface area contributed by atoms with Gasteiger partial charge in [-0.05, 0) is 47.2 Å². The zero-order chi connectivity index (χ0) is 32.9. The van der Waals surface area contributed by atoms with Crippen LogP contribution in [-0.2, 0) is 9.59 Å². The summed E-state index contributed by atoms with van der Waals surface area (Å²) in [5, 5.41) is 29.6. The standard InChI is InChI=1S/C25H16ClN5.2C2HF3O2/c26-17-8-10-21-23(13-17)29-24(20-7-3-5-15-4-1-2-6-19(15)20)30-25(21)28-18-9-11-22-16(12-18)14-27-31-22;2*3-2(4,5)1(6)7/h1-14H,(H,27,31)(H,28,29,30);2*(H,6,7). The number of anilines is 2. The van der Waals surface area contributed by atoms with Crippen LogP contribution in [0.3, 0.4) is 0 Å². The van der Waals surface area contributed by atoms with E-state index in [4.69, 9.17) is 41.4 Å². The maximum absolute atomic E-state index is 10.6. The topological polar surface area (TPSA) is 141 Å². The molecule has 9 nitrogen and oxygen atoms in total. The van der Waals surface area contributed by atoms with Gasteiger partial charge in [0.2, 0.25) is 0 Å². The number of hydrogen-bond acceptors (Lipinski definition) is 6. The second-order valence-electron chi connectivity index (χ2n) is 8.99. The first-order chi connectivity index (χ1) is 21.1. The Morgan fingerprint density at radius 2 is 1.40 bits per heavy atom. The number of benzene rings is 4. The Morgan fingerprint density at radius 1 is 0.756 bits per heavy atom. The van der Waals surface area contributed by atoms with Crippen molar-refractivity contribution in [1.82, 2.24) is 20.2 Å². The number of aliphatic carboxylic acids is 2. The molecule has 0 bridgehead atoms. The zero-order valence-corrected chi connectivity index (χ0v) is 23.0. The minimum Gasteiger partial charge on any atom is -0.475 e. The van der Waals surface area contributed by atoms with Gasteiger partial charge in [-0.3, -0.25) is 5.10 Å². The van der Waals surface area contributed by atoms with E-state index >= 15 is 0 Å². The van der Waals surface area contributed by atoms with Gasteiger partial charge in [-0.15, -0.1) is 0 Å². The Labute approximate surface area is 253 Å². The maximum Gasteiger partial charge on any atom is 0.490 e. The molecule has 0 atom stereocenters. The lowest BCUT2D eigenvalue weighted by molar-refractivity contribution is -0.193. The fourth-order valence-electron chi connectivity index (χ4n) is 3.90. The molecule has 232 valence electrons. The Morgan fingerprint density at radius 3 is 2.07 bits per heavy atom. The van der Waals surface area contributed by atoms with Crippen molar-refractivity contribution in [3.63, 3.8) is 0 Å². The van der Waals surface area contributed by atoms with Crippen LogP contribution >= 0.6 is 11.6 Å². The molecule has 0 unspecified atom stereocenters. The molecule has 45 heavy (non-hydrogen) atoms. The highest BCUT2D eigenvalue weighted by Crippen LogP contribution is 2.32. The molecule has 0 aliphatic carbocycles. The van der Waals surface area contributed by atoms with E-state index in [2.05, 4.69) is 39.8 Å². The molecule has 16 heteroatoms. The number of hydrogen-bond donors (Lipinski definition) is 4. The predicted octanol–water partition coefficient (Wildman–Crippen LogP) is 7.99. The number of aromatic amines is 1. The number of nitrogens with zero attached hydrogens (tertiary/aromatic N) is 3. The summed E-state index contributed by atoms with van der Waals surface area (Å²) in [6.45, 7) is 0. The molecule has 0 spiro atoms. The number of carboxylic acid groups (broad SMARTS) is 2. The first kappa shape index (κ1) is 32.5. The van der Waals surface area contributed by atoms with E-state index in [1.807, 2.05) is 54.6 Å². The van der Waals surface area contributed by atoms with Crippen LogP contribution in [-0.4, -0.2) is 54.7 Å². The molecular weight excluding hydrogens is 632 g/mol. The Kier molecular flexibility index (Phi) is 9.42. The summed E-state index contributed by atoms with van der Waals surface area (Å²) in [4.78, 5) is 27.6. The third-order valence-corrected chi connectivity index (χ3v) is 6.11. The van der Waals surface area contributed by atoms with Gasteiger partial charge in [0.05, 0.1) is 17.2 Å². The van der Waals surface area contributed by atoms with Gasteiger partial charge in [-0.2, -0.15) is 31.4 Å². The molecular formula is C29H18ClF6N5O4.